The number of benzene rings is 2. The Bertz CT molecular complexity index is 1150. The Labute approximate surface area is 212 Å². The highest BCUT2D eigenvalue weighted by atomic mass is 32.1. The molecule has 0 saturated carbocycles. The molecule has 1 fully saturated rings. The summed E-state index contributed by atoms with van der Waals surface area (Å²) in [6, 6.07) is 17.1. The summed E-state index contributed by atoms with van der Waals surface area (Å²) in [4.78, 5) is 12.0. The molecule has 190 valence electrons. The van der Waals surface area contributed by atoms with E-state index in [1.807, 2.05) is 35.2 Å². The molecular formula is C25H26F4N6S. The normalized spacial score (nSPS) is 14.0. The molecule has 0 radical (unpaired) electrons. The number of piperazine rings is 1. The number of para-hydroxylation sites is 1. The van der Waals surface area contributed by atoms with E-state index in [2.05, 4.69) is 25.5 Å². The van der Waals surface area contributed by atoms with Gasteiger partial charge in [0.05, 0.1) is 0 Å². The van der Waals surface area contributed by atoms with Crippen LogP contribution in [0.4, 0.5) is 35.0 Å². The maximum atomic E-state index is 13.6. The monoisotopic (exact) mass is 518 g/mol. The number of rotatable bonds is 7. The maximum Gasteiger partial charge on any atom is 0.433 e. The van der Waals surface area contributed by atoms with E-state index < -0.39 is 11.9 Å². The van der Waals surface area contributed by atoms with E-state index in [1.54, 1.807) is 12.1 Å². The van der Waals surface area contributed by atoms with Gasteiger partial charge >= 0.3 is 6.18 Å². The van der Waals surface area contributed by atoms with Crippen molar-refractivity contribution in [3.05, 3.63) is 77.7 Å². The average molecular weight is 519 g/mol. The van der Waals surface area contributed by atoms with Crippen LogP contribution >= 0.6 is 12.2 Å². The Morgan fingerprint density at radius 2 is 1.58 bits per heavy atom. The van der Waals surface area contributed by atoms with Crippen molar-refractivity contribution in [3.8, 4) is 0 Å². The summed E-state index contributed by atoms with van der Waals surface area (Å²) in [5.41, 5.74) is 1.03. The van der Waals surface area contributed by atoms with Crippen LogP contribution in [0.2, 0.25) is 0 Å². The van der Waals surface area contributed by atoms with Crippen LogP contribution in [0, 0.1) is 5.82 Å². The SMILES string of the molecule is Fc1ccc(CCCNC(=S)Nc2nc(N3CCN(c4ccccc4)CC3)cc(C(F)(F)F)n2)cc1. The summed E-state index contributed by atoms with van der Waals surface area (Å²) in [6.45, 7) is 2.85. The Kier molecular flexibility index (Phi) is 8.19. The fourth-order valence-electron chi connectivity index (χ4n) is 3.92. The van der Waals surface area contributed by atoms with Gasteiger partial charge < -0.3 is 20.4 Å². The van der Waals surface area contributed by atoms with E-state index >= 15 is 0 Å². The largest absolute Gasteiger partial charge is 0.433 e. The minimum Gasteiger partial charge on any atom is -0.368 e. The molecule has 1 aliphatic rings. The molecule has 2 aromatic carbocycles. The van der Waals surface area contributed by atoms with Gasteiger partial charge in [-0.25, -0.2) is 9.37 Å². The van der Waals surface area contributed by atoms with Gasteiger partial charge in [-0.05, 0) is 54.9 Å². The second-order valence-corrected chi connectivity index (χ2v) is 8.76. The molecule has 3 aromatic rings. The van der Waals surface area contributed by atoms with E-state index in [0.717, 1.165) is 17.3 Å². The number of nitrogens with one attached hydrogen (secondary N) is 2. The summed E-state index contributed by atoms with van der Waals surface area (Å²) in [7, 11) is 0. The molecule has 11 heteroatoms. The van der Waals surface area contributed by atoms with Crippen molar-refractivity contribution in [3.63, 3.8) is 0 Å². The molecular weight excluding hydrogens is 492 g/mol. The van der Waals surface area contributed by atoms with Crippen molar-refractivity contribution in [1.82, 2.24) is 15.3 Å². The quantitative estimate of drug-likeness (QED) is 0.263. The highest BCUT2D eigenvalue weighted by Crippen LogP contribution is 2.31. The molecule has 2 N–H and O–H groups in total. The van der Waals surface area contributed by atoms with Gasteiger partial charge in [0.25, 0.3) is 0 Å². The molecule has 0 bridgehead atoms. The van der Waals surface area contributed by atoms with E-state index in [4.69, 9.17) is 12.2 Å². The molecule has 6 nitrogen and oxygen atoms in total. The lowest BCUT2D eigenvalue weighted by Crippen LogP contribution is -2.47. The number of anilines is 3. The zero-order valence-corrected chi connectivity index (χ0v) is 20.2. The second-order valence-electron chi connectivity index (χ2n) is 8.35. The third-order valence-electron chi connectivity index (χ3n) is 5.79. The standard InChI is InChI=1S/C25H26F4N6S/c26-19-10-8-18(9-11-19)5-4-12-30-24(36)33-23-31-21(25(27,28)29)17-22(32-23)35-15-13-34(14-16-35)20-6-2-1-3-7-20/h1-3,6-11,17H,4-5,12-16H2,(H2,30,31,32,33,36). The van der Waals surface area contributed by atoms with Gasteiger partial charge in [-0.1, -0.05) is 30.3 Å². The summed E-state index contributed by atoms with van der Waals surface area (Å²) in [5.74, 6) is -0.297. The molecule has 1 aliphatic heterocycles. The summed E-state index contributed by atoms with van der Waals surface area (Å²) < 4.78 is 53.7. The number of halogens is 4. The van der Waals surface area contributed by atoms with Gasteiger partial charge in [0.1, 0.15) is 11.6 Å². The van der Waals surface area contributed by atoms with E-state index in [0.29, 0.717) is 45.6 Å². The number of aryl methyl sites for hydroxylation is 1. The Morgan fingerprint density at radius 1 is 0.917 bits per heavy atom. The first-order chi connectivity index (χ1) is 17.3. The molecule has 0 amide bonds. The zero-order valence-electron chi connectivity index (χ0n) is 19.4. The minimum atomic E-state index is -4.62. The van der Waals surface area contributed by atoms with Crippen LogP contribution in [0.25, 0.3) is 0 Å². The lowest BCUT2D eigenvalue weighted by Gasteiger charge is -2.37. The third kappa shape index (κ3) is 7.03. The number of thiocarbonyl (C=S) groups is 1. The third-order valence-corrected chi connectivity index (χ3v) is 6.04. The van der Waals surface area contributed by atoms with E-state index in [-0.39, 0.29) is 22.7 Å². The van der Waals surface area contributed by atoms with Gasteiger partial charge in [-0.2, -0.15) is 18.2 Å². The minimum absolute atomic E-state index is 0.133. The molecule has 4 rings (SSSR count). The first-order valence-electron chi connectivity index (χ1n) is 11.6. The van der Waals surface area contributed by atoms with Crippen LogP contribution in [0.1, 0.15) is 17.7 Å². The molecule has 0 spiro atoms. The first-order valence-corrected chi connectivity index (χ1v) is 12.0. The summed E-state index contributed by atoms with van der Waals surface area (Å²) in [6.07, 6.45) is -3.22. The summed E-state index contributed by atoms with van der Waals surface area (Å²) >= 11 is 5.24. The van der Waals surface area contributed by atoms with Gasteiger partial charge in [0, 0.05) is 44.5 Å². The fraction of sp³-hybridized carbons (Fsp3) is 0.320. The maximum absolute atomic E-state index is 13.6. The predicted octanol–water partition coefficient (Wildman–Crippen LogP) is 4.88. The molecule has 1 saturated heterocycles. The van der Waals surface area contributed by atoms with E-state index in [1.165, 1.54) is 12.1 Å². The molecule has 0 atom stereocenters. The van der Waals surface area contributed by atoms with Crippen molar-refractivity contribution in [2.75, 3.05) is 47.8 Å². The van der Waals surface area contributed by atoms with Gasteiger partial charge in [0.2, 0.25) is 5.95 Å². The molecule has 1 aromatic heterocycles. The zero-order chi connectivity index (χ0) is 25.5. The highest BCUT2D eigenvalue weighted by molar-refractivity contribution is 7.80. The number of hydrogen-bond donors (Lipinski definition) is 2. The number of alkyl halides is 3. The van der Waals surface area contributed by atoms with Crippen molar-refractivity contribution in [2.45, 2.75) is 19.0 Å². The second kappa shape index (κ2) is 11.5. The highest BCUT2D eigenvalue weighted by Gasteiger charge is 2.34. The Morgan fingerprint density at radius 3 is 2.25 bits per heavy atom. The first kappa shape index (κ1) is 25.6. The smallest absolute Gasteiger partial charge is 0.368 e. The lowest BCUT2D eigenvalue weighted by molar-refractivity contribution is -0.141. The van der Waals surface area contributed by atoms with Crippen molar-refractivity contribution in [2.24, 2.45) is 0 Å². The average Bonchev–Trinajstić information content (AvgIpc) is 2.87. The fourth-order valence-corrected chi connectivity index (χ4v) is 4.11. The summed E-state index contributed by atoms with van der Waals surface area (Å²) in [5, 5.41) is 5.78. The predicted molar refractivity (Wildman–Crippen MR) is 137 cm³/mol. The topological polar surface area (TPSA) is 56.3 Å². The lowest BCUT2D eigenvalue weighted by atomic mass is 10.1. The van der Waals surface area contributed by atoms with Gasteiger partial charge in [-0.15, -0.1) is 0 Å². The van der Waals surface area contributed by atoms with Crippen LogP contribution in [0.5, 0.6) is 0 Å². The van der Waals surface area contributed by atoms with Crippen LogP contribution in [-0.4, -0.2) is 47.8 Å². The van der Waals surface area contributed by atoms with Gasteiger partial charge in [-0.3, -0.25) is 0 Å². The number of aromatic nitrogens is 2. The van der Waals surface area contributed by atoms with Crippen molar-refractivity contribution in [1.29, 1.82) is 0 Å². The molecule has 0 aliphatic carbocycles. The number of hydrogen-bond acceptors (Lipinski definition) is 5. The van der Waals surface area contributed by atoms with Crippen LogP contribution < -0.4 is 20.4 Å². The van der Waals surface area contributed by atoms with Crippen LogP contribution in [-0.2, 0) is 12.6 Å². The van der Waals surface area contributed by atoms with Crippen molar-refractivity contribution < 1.29 is 17.6 Å². The van der Waals surface area contributed by atoms with Crippen LogP contribution in [0.3, 0.4) is 0 Å². The molecule has 2 heterocycles. The van der Waals surface area contributed by atoms with Gasteiger partial charge in [0.15, 0.2) is 10.8 Å². The van der Waals surface area contributed by atoms with Crippen molar-refractivity contribution >= 4 is 34.8 Å². The molecule has 36 heavy (non-hydrogen) atoms. The Hall–Kier alpha value is -3.47. The van der Waals surface area contributed by atoms with E-state index in [9.17, 15) is 17.6 Å². The number of nitrogens with zero attached hydrogens (tertiary/aromatic N) is 4. The Balaban J connectivity index is 1.36. The van der Waals surface area contributed by atoms with Crippen LogP contribution in [0.15, 0.2) is 60.7 Å². The molecule has 0 unspecified atom stereocenters.